The lowest BCUT2D eigenvalue weighted by atomic mass is 9.96. The number of nitrogens with zero attached hydrogens (tertiary/aromatic N) is 1. The van der Waals surface area contributed by atoms with E-state index in [0.717, 1.165) is 17.5 Å². The van der Waals surface area contributed by atoms with Gasteiger partial charge < -0.3 is 10.6 Å². The summed E-state index contributed by atoms with van der Waals surface area (Å²) in [4.78, 5) is 1.96. The Morgan fingerprint density at radius 1 is 1.38 bits per heavy atom. The van der Waals surface area contributed by atoms with Crippen molar-refractivity contribution in [2.24, 2.45) is 5.73 Å². The van der Waals surface area contributed by atoms with Gasteiger partial charge in [0.15, 0.2) is 0 Å². The fourth-order valence-electron chi connectivity index (χ4n) is 1.76. The van der Waals surface area contributed by atoms with E-state index in [9.17, 15) is 4.39 Å². The molecular weight excluding hydrogens is 203 g/mol. The first-order valence-corrected chi connectivity index (χ1v) is 5.67. The molecule has 2 N–H and O–H groups in total. The van der Waals surface area contributed by atoms with E-state index in [1.165, 1.54) is 0 Å². The van der Waals surface area contributed by atoms with Crippen LogP contribution >= 0.6 is 0 Å². The van der Waals surface area contributed by atoms with Gasteiger partial charge in [0.25, 0.3) is 0 Å². The molecule has 0 radical (unpaired) electrons. The van der Waals surface area contributed by atoms with Crippen LogP contribution in [0.1, 0.15) is 30.4 Å². The van der Waals surface area contributed by atoms with Crippen LogP contribution in [0, 0.1) is 5.82 Å². The first kappa shape index (κ1) is 13.1. The highest BCUT2D eigenvalue weighted by Gasteiger charge is 2.09. The van der Waals surface area contributed by atoms with E-state index in [4.69, 9.17) is 5.73 Å². The molecule has 1 unspecified atom stereocenters. The van der Waals surface area contributed by atoms with Crippen molar-refractivity contribution in [3.8, 4) is 0 Å². The third-order valence-corrected chi connectivity index (χ3v) is 2.73. The molecular formula is C13H21FN2. The number of hydrogen-bond acceptors (Lipinski definition) is 2. The summed E-state index contributed by atoms with van der Waals surface area (Å²) >= 11 is 0. The van der Waals surface area contributed by atoms with Crippen molar-refractivity contribution in [1.82, 2.24) is 4.90 Å². The lowest BCUT2D eigenvalue weighted by molar-refractivity contribution is 0.392. The lowest BCUT2D eigenvalue weighted by Gasteiger charge is -2.14. The van der Waals surface area contributed by atoms with E-state index < -0.39 is 0 Å². The first-order chi connectivity index (χ1) is 7.54. The van der Waals surface area contributed by atoms with Crippen molar-refractivity contribution >= 4 is 0 Å². The summed E-state index contributed by atoms with van der Waals surface area (Å²) in [6, 6.07) is 5.51. The molecule has 2 nitrogen and oxygen atoms in total. The predicted molar refractivity (Wildman–Crippen MR) is 65.9 cm³/mol. The molecule has 0 amide bonds. The Kier molecular flexibility index (Phi) is 4.90. The summed E-state index contributed by atoms with van der Waals surface area (Å²) in [7, 11) is 3.87. The van der Waals surface area contributed by atoms with Crippen LogP contribution in [0.3, 0.4) is 0 Å². The van der Waals surface area contributed by atoms with Crippen molar-refractivity contribution < 1.29 is 4.39 Å². The maximum Gasteiger partial charge on any atom is 0.127 e. The zero-order valence-electron chi connectivity index (χ0n) is 10.3. The van der Waals surface area contributed by atoms with Crippen LogP contribution in [0.4, 0.5) is 4.39 Å². The largest absolute Gasteiger partial charge is 0.330 e. The fourth-order valence-corrected chi connectivity index (χ4v) is 1.76. The number of hydrogen-bond donors (Lipinski definition) is 1. The second-order valence-corrected chi connectivity index (χ2v) is 4.57. The molecule has 16 heavy (non-hydrogen) atoms. The molecule has 0 spiro atoms. The Bertz CT molecular complexity index is 337. The van der Waals surface area contributed by atoms with Crippen molar-refractivity contribution in [2.45, 2.75) is 25.8 Å². The van der Waals surface area contributed by atoms with Gasteiger partial charge in [-0.05, 0) is 44.6 Å². The summed E-state index contributed by atoms with van der Waals surface area (Å²) in [5.74, 6) is 0.211. The summed E-state index contributed by atoms with van der Waals surface area (Å²) in [6.45, 7) is 3.35. The topological polar surface area (TPSA) is 29.3 Å². The Morgan fingerprint density at radius 3 is 2.56 bits per heavy atom. The van der Waals surface area contributed by atoms with Crippen molar-refractivity contribution in [3.05, 3.63) is 35.1 Å². The van der Waals surface area contributed by atoms with Crippen LogP contribution < -0.4 is 5.73 Å². The maximum absolute atomic E-state index is 13.8. The highest BCUT2D eigenvalue weighted by molar-refractivity contribution is 5.26. The molecule has 90 valence electrons. The Labute approximate surface area is 97.3 Å². The monoisotopic (exact) mass is 224 g/mol. The molecule has 0 saturated carbocycles. The number of benzene rings is 1. The summed E-state index contributed by atoms with van der Waals surface area (Å²) in [5, 5.41) is 0. The lowest BCUT2D eigenvalue weighted by Crippen LogP contribution is -2.12. The molecule has 1 aromatic rings. The first-order valence-electron chi connectivity index (χ1n) is 5.67. The molecule has 0 saturated heterocycles. The van der Waals surface area contributed by atoms with Crippen LogP contribution in [0.15, 0.2) is 18.2 Å². The average molecular weight is 224 g/mol. The SMILES string of the molecule is CC(CCN)c1ccc(CN(C)C)c(F)c1. The van der Waals surface area contributed by atoms with Crippen molar-refractivity contribution in [2.75, 3.05) is 20.6 Å². The molecule has 0 fully saturated rings. The summed E-state index contributed by atoms with van der Waals surface area (Å²) in [6.07, 6.45) is 0.895. The molecule has 0 aliphatic heterocycles. The molecule has 0 aliphatic carbocycles. The molecule has 3 heteroatoms. The third kappa shape index (κ3) is 3.58. The van der Waals surface area contributed by atoms with Gasteiger partial charge in [0, 0.05) is 12.1 Å². The molecule has 0 heterocycles. The Morgan fingerprint density at radius 2 is 2.06 bits per heavy atom. The van der Waals surface area contributed by atoms with E-state index in [1.807, 2.05) is 31.1 Å². The molecule has 1 aromatic carbocycles. The van der Waals surface area contributed by atoms with Crippen molar-refractivity contribution in [1.29, 1.82) is 0 Å². The van der Waals surface area contributed by atoms with Crippen molar-refractivity contribution in [3.63, 3.8) is 0 Å². The number of nitrogens with two attached hydrogens (primary N) is 1. The van der Waals surface area contributed by atoms with E-state index in [2.05, 4.69) is 6.92 Å². The summed E-state index contributed by atoms with van der Waals surface area (Å²) < 4.78 is 13.8. The van der Waals surface area contributed by atoms with Gasteiger partial charge in [-0.1, -0.05) is 19.1 Å². The van der Waals surface area contributed by atoms with Crippen LogP contribution in [-0.2, 0) is 6.54 Å². The maximum atomic E-state index is 13.8. The molecule has 0 aromatic heterocycles. The minimum Gasteiger partial charge on any atom is -0.330 e. The van der Waals surface area contributed by atoms with E-state index in [0.29, 0.717) is 19.0 Å². The second-order valence-electron chi connectivity index (χ2n) is 4.57. The highest BCUT2D eigenvalue weighted by atomic mass is 19.1. The standard InChI is InChI=1S/C13H21FN2/c1-10(6-7-15)11-4-5-12(9-16(2)3)13(14)8-11/h4-5,8,10H,6-7,9,15H2,1-3H3. The van der Waals surface area contributed by atoms with Gasteiger partial charge in [-0.15, -0.1) is 0 Å². The van der Waals surface area contributed by atoms with Gasteiger partial charge in [0.2, 0.25) is 0 Å². The minimum absolute atomic E-state index is 0.116. The predicted octanol–water partition coefficient (Wildman–Crippen LogP) is 2.34. The van der Waals surface area contributed by atoms with Gasteiger partial charge in [-0.2, -0.15) is 0 Å². The average Bonchev–Trinajstić information content (AvgIpc) is 2.20. The Hall–Kier alpha value is -0.930. The molecule has 1 atom stereocenters. The summed E-state index contributed by atoms with van der Waals surface area (Å²) in [5.41, 5.74) is 7.28. The van der Waals surface area contributed by atoms with Gasteiger partial charge in [0.05, 0.1) is 0 Å². The minimum atomic E-state index is -0.116. The smallest absolute Gasteiger partial charge is 0.127 e. The van der Waals surface area contributed by atoms with E-state index in [-0.39, 0.29) is 5.82 Å². The van der Waals surface area contributed by atoms with Crippen LogP contribution in [0.5, 0.6) is 0 Å². The number of rotatable bonds is 5. The normalized spacial score (nSPS) is 13.1. The molecule has 0 bridgehead atoms. The highest BCUT2D eigenvalue weighted by Crippen LogP contribution is 2.21. The van der Waals surface area contributed by atoms with Gasteiger partial charge >= 0.3 is 0 Å². The van der Waals surface area contributed by atoms with E-state index in [1.54, 1.807) is 6.07 Å². The van der Waals surface area contributed by atoms with Gasteiger partial charge in [0.1, 0.15) is 5.82 Å². The van der Waals surface area contributed by atoms with Gasteiger partial charge in [-0.3, -0.25) is 0 Å². The van der Waals surface area contributed by atoms with Crippen LogP contribution in [0.25, 0.3) is 0 Å². The second kappa shape index (κ2) is 5.97. The third-order valence-electron chi connectivity index (χ3n) is 2.73. The molecule has 1 rings (SSSR count). The Balaban J connectivity index is 2.82. The molecule has 0 aliphatic rings. The quantitative estimate of drug-likeness (QED) is 0.831. The zero-order valence-corrected chi connectivity index (χ0v) is 10.3. The number of halogens is 1. The zero-order chi connectivity index (χ0) is 12.1. The van der Waals surface area contributed by atoms with Crippen LogP contribution in [-0.4, -0.2) is 25.5 Å². The van der Waals surface area contributed by atoms with Crippen LogP contribution in [0.2, 0.25) is 0 Å². The van der Waals surface area contributed by atoms with E-state index >= 15 is 0 Å². The fraction of sp³-hybridized carbons (Fsp3) is 0.538. The van der Waals surface area contributed by atoms with Gasteiger partial charge in [-0.25, -0.2) is 4.39 Å².